The molecule has 0 radical (unpaired) electrons. The van der Waals surface area contributed by atoms with Crippen molar-refractivity contribution in [1.82, 2.24) is 20.5 Å². The molecule has 33 heavy (non-hydrogen) atoms. The molecule has 2 rings (SSSR count). The topological polar surface area (TPSA) is 74.3 Å². The van der Waals surface area contributed by atoms with E-state index in [0.29, 0.717) is 24.4 Å². The first-order valence-corrected chi connectivity index (χ1v) is 13.2. The third kappa shape index (κ3) is 10.4. The van der Waals surface area contributed by atoms with Crippen LogP contribution in [0.4, 0.5) is 0 Å². The van der Waals surface area contributed by atoms with Crippen LogP contribution in [0.5, 0.6) is 0 Å². The van der Waals surface area contributed by atoms with Gasteiger partial charge in [0.25, 0.3) is 0 Å². The number of rotatable bonds is 12. The summed E-state index contributed by atoms with van der Waals surface area (Å²) < 4.78 is 0. The fourth-order valence-electron chi connectivity index (χ4n) is 3.79. The summed E-state index contributed by atoms with van der Waals surface area (Å²) in [5, 5.41) is 7.71. The smallest absolute Gasteiger partial charge is 0.243 e. The van der Waals surface area contributed by atoms with E-state index in [1.54, 1.807) is 17.4 Å². The highest BCUT2D eigenvalue weighted by Crippen LogP contribution is 2.23. The summed E-state index contributed by atoms with van der Waals surface area (Å²) in [5.74, 6) is 0.133. The van der Waals surface area contributed by atoms with E-state index in [1.807, 2.05) is 26.0 Å². The van der Waals surface area contributed by atoms with E-state index in [2.05, 4.69) is 34.4 Å². The average molecular weight is 495 g/mol. The number of piperidine rings is 1. The Bertz CT molecular complexity index is 826. The van der Waals surface area contributed by atoms with Crippen LogP contribution in [0.3, 0.4) is 0 Å². The molecule has 2 unspecified atom stereocenters. The van der Waals surface area contributed by atoms with Crippen molar-refractivity contribution in [3.63, 3.8) is 0 Å². The highest BCUT2D eigenvalue weighted by molar-refractivity contribution is 7.12. The number of aromatic nitrogens is 1. The number of nitrogens with zero attached hydrogens (tertiary/aromatic N) is 2. The van der Waals surface area contributed by atoms with Crippen molar-refractivity contribution in [3.05, 3.63) is 32.8 Å². The first-order valence-electron chi connectivity index (χ1n) is 12.0. The molecule has 2 atom stereocenters. The molecule has 1 aliphatic heterocycles. The minimum atomic E-state index is -0.108. The van der Waals surface area contributed by atoms with Crippen LogP contribution in [0.15, 0.2) is 17.2 Å². The molecule has 1 aromatic heterocycles. The SMILES string of the molecule is CCC(C)C(CNC(=O)/C=C/CN1CCCCC1)NC(=O)CCc1nc(C)c(/C=C(\C)Cl)s1. The van der Waals surface area contributed by atoms with Gasteiger partial charge in [-0.1, -0.05) is 44.4 Å². The largest absolute Gasteiger partial charge is 0.351 e. The van der Waals surface area contributed by atoms with Gasteiger partial charge in [-0.15, -0.1) is 11.3 Å². The van der Waals surface area contributed by atoms with E-state index >= 15 is 0 Å². The highest BCUT2D eigenvalue weighted by atomic mass is 35.5. The molecule has 0 saturated carbocycles. The number of nitrogens with one attached hydrogen (secondary N) is 2. The third-order valence-electron chi connectivity index (χ3n) is 6.03. The van der Waals surface area contributed by atoms with Gasteiger partial charge < -0.3 is 10.6 Å². The Balaban J connectivity index is 1.79. The zero-order chi connectivity index (χ0) is 24.2. The number of carbonyl (C=O) groups is 2. The molecular formula is C25H39ClN4O2S. The summed E-state index contributed by atoms with van der Waals surface area (Å²) in [6.07, 6.45) is 11.1. The Hall–Kier alpha value is -1.70. The molecule has 2 N–H and O–H groups in total. The first-order chi connectivity index (χ1) is 15.8. The molecule has 1 aliphatic rings. The number of hydrogen-bond acceptors (Lipinski definition) is 5. The molecule has 0 bridgehead atoms. The van der Waals surface area contributed by atoms with Crippen LogP contribution in [-0.4, -0.2) is 53.9 Å². The molecule has 0 aromatic carbocycles. The maximum atomic E-state index is 12.6. The fraction of sp³-hybridized carbons (Fsp3) is 0.640. The average Bonchev–Trinajstić information content (AvgIpc) is 3.13. The molecule has 0 spiro atoms. The number of hydrogen-bond donors (Lipinski definition) is 2. The third-order valence-corrected chi connectivity index (χ3v) is 7.30. The van der Waals surface area contributed by atoms with Crippen molar-refractivity contribution in [2.24, 2.45) is 5.92 Å². The normalized spacial score (nSPS) is 17.2. The van der Waals surface area contributed by atoms with E-state index in [0.717, 1.165) is 41.6 Å². The fourth-order valence-corrected chi connectivity index (χ4v) is 5.03. The lowest BCUT2D eigenvalue weighted by Gasteiger charge is -2.25. The number of halogens is 1. The Kier molecular flexibility index (Phi) is 12.1. The minimum absolute atomic E-state index is 0.0198. The summed E-state index contributed by atoms with van der Waals surface area (Å²) in [6.45, 7) is 11.4. The second kappa shape index (κ2) is 14.5. The predicted molar refractivity (Wildman–Crippen MR) is 139 cm³/mol. The molecule has 1 aromatic rings. The number of likely N-dealkylation sites (tertiary alicyclic amines) is 1. The number of aryl methyl sites for hydroxylation is 2. The maximum Gasteiger partial charge on any atom is 0.243 e. The van der Waals surface area contributed by atoms with Gasteiger partial charge in [-0.2, -0.15) is 0 Å². The van der Waals surface area contributed by atoms with Gasteiger partial charge in [0.05, 0.1) is 15.6 Å². The van der Waals surface area contributed by atoms with E-state index < -0.39 is 0 Å². The van der Waals surface area contributed by atoms with Crippen molar-refractivity contribution >= 4 is 40.8 Å². The van der Waals surface area contributed by atoms with Gasteiger partial charge in [-0.05, 0) is 51.8 Å². The maximum absolute atomic E-state index is 12.6. The van der Waals surface area contributed by atoms with E-state index in [9.17, 15) is 9.59 Å². The van der Waals surface area contributed by atoms with Gasteiger partial charge in [0, 0.05) is 43.1 Å². The van der Waals surface area contributed by atoms with Crippen molar-refractivity contribution in [3.8, 4) is 0 Å². The van der Waals surface area contributed by atoms with Gasteiger partial charge in [0.15, 0.2) is 0 Å². The van der Waals surface area contributed by atoms with Crippen molar-refractivity contribution < 1.29 is 9.59 Å². The van der Waals surface area contributed by atoms with E-state index in [1.165, 1.54) is 19.3 Å². The lowest BCUT2D eigenvalue weighted by atomic mass is 9.98. The molecule has 8 heteroatoms. The quantitative estimate of drug-likeness (QED) is 0.414. The van der Waals surface area contributed by atoms with E-state index in [-0.39, 0.29) is 23.8 Å². The summed E-state index contributed by atoms with van der Waals surface area (Å²) in [5.41, 5.74) is 0.934. The van der Waals surface area contributed by atoms with Crippen molar-refractivity contribution in [2.75, 3.05) is 26.2 Å². The standard InChI is InChI=1S/C25H39ClN4O2S/c1-5-18(2)21(17-27-23(31)10-9-15-30-13-7-6-8-14-30)29-24(32)11-12-25-28-20(4)22(33-25)16-19(3)26/h9-10,16,18,21H,5-8,11-15,17H2,1-4H3,(H,27,31)(H,29,32)/b10-9+,19-16+. The summed E-state index contributed by atoms with van der Waals surface area (Å²) >= 11 is 7.55. The van der Waals surface area contributed by atoms with Crippen LogP contribution < -0.4 is 10.6 Å². The molecule has 0 aliphatic carbocycles. The van der Waals surface area contributed by atoms with Crippen molar-refractivity contribution in [2.45, 2.75) is 72.3 Å². The predicted octanol–water partition coefficient (Wildman–Crippen LogP) is 4.67. The summed E-state index contributed by atoms with van der Waals surface area (Å²) in [6, 6.07) is -0.0997. The molecular weight excluding hydrogens is 456 g/mol. The zero-order valence-electron chi connectivity index (χ0n) is 20.5. The Morgan fingerprint density at radius 2 is 2.00 bits per heavy atom. The number of allylic oxidation sites excluding steroid dienone is 1. The van der Waals surface area contributed by atoms with Crippen LogP contribution in [0.1, 0.15) is 68.5 Å². The lowest BCUT2D eigenvalue weighted by molar-refractivity contribution is -0.122. The van der Waals surface area contributed by atoms with Crippen LogP contribution in [-0.2, 0) is 16.0 Å². The molecule has 1 saturated heterocycles. The molecule has 1 fully saturated rings. The number of amides is 2. The summed E-state index contributed by atoms with van der Waals surface area (Å²) in [4.78, 5) is 32.8. The van der Waals surface area contributed by atoms with Crippen LogP contribution in [0, 0.1) is 12.8 Å². The zero-order valence-corrected chi connectivity index (χ0v) is 22.0. The van der Waals surface area contributed by atoms with Crippen molar-refractivity contribution in [1.29, 1.82) is 0 Å². The van der Waals surface area contributed by atoms with Gasteiger partial charge in [0.1, 0.15) is 0 Å². The lowest BCUT2D eigenvalue weighted by Crippen LogP contribution is -2.47. The number of thiazole rings is 1. The van der Waals surface area contributed by atoms with Gasteiger partial charge in [-0.3, -0.25) is 14.5 Å². The highest BCUT2D eigenvalue weighted by Gasteiger charge is 2.19. The monoisotopic (exact) mass is 494 g/mol. The molecule has 6 nitrogen and oxygen atoms in total. The van der Waals surface area contributed by atoms with Crippen LogP contribution in [0.2, 0.25) is 0 Å². The van der Waals surface area contributed by atoms with Gasteiger partial charge in [-0.25, -0.2) is 4.98 Å². The molecule has 2 heterocycles. The molecule has 2 amide bonds. The Morgan fingerprint density at radius 1 is 1.27 bits per heavy atom. The molecule has 184 valence electrons. The Labute approximate surface area is 207 Å². The van der Waals surface area contributed by atoms with Gasteiger partial charge in [0.2, 0.25) is 11.8 Å². The van der Waals surface area contributed by atoms with Crippen LogP contribution in [0.25, 0.3) is 6.08 Å². The second-order valence-corrected chi connectivity index (χ2v) is 10.6. The Morgan fingerprint density at radius 3 is 2.67 bits per heavy atom. The van der Waals surface area contributed by atoms with Crippen LogP contribution >= 0.6 is 22.9 Å². The second-order valence-electron chi connectivity index (χ2n) is 8.86. The first kappa shape index (κ1) is 27.5. The summed E-state index contributed by atoms with van der Waals surface area (Å²) in [7, 11) is 0. The van der Waals surface area contributed by atoms with Gasteiger partial charge >= 0.3 is 0 Å². The minimum Gasteiger partial charge on any atom is -0.351 e. The van der Waals surface area contributed by atoms with E-state index in [4.69, 9.17) is 11.6 Å². The number of carbonyl (C=O) groups excluding carboxylic acids is 2.